The molecule has 0 radical (unpaired) electrons. The Morgan fingerprint density at radius 2 is 2.00 bits per heavy atom. The summed E-state index contributed by atoms with van der Waals surface area (Å²) in [5, 5.41) is 6.64. The Morgan fingerprint density at radius 1 is 1.12 bits per heavy atom. The Kier molecular flexibility index (Phi) is 6.18. The molecule has 1 unspecified atom stereocenters. The Morgan fingerprint density at radius 3 is 2.79 bits per heavy atom. The first-order valence-corrected chi connectivity index (χ1v) is 8.87. The highest BCUT2D eigenvalue weighted by Crippen LogP contribution is 2.30. The number of guanidine groups is 1. The van der Waals surface area contributed by atoms with Crippen LogP contribution < -0.4 is 20.1 Å². The summed E-state index contributed by atoms with van der Waals surface area (Å²) in [4.78, 5) is 4.66. The summed E-state index contributed by atoms with van der Waals surface area (Å²) < 4.78 is 17.0. The number of rotatable bonds is 5. The molecule has 0 bridgehead atoms. The molecule has 0 spiro atoms. The summed E-state index contributed by atoms with van der Waals surface area (Å²) in [7, 11) is 0. The van der Waals surface area contributed by atoms with Gasteiger partial charge < -0.3 is 24.8 Å². The topological polar surface area (TPSA) is 64.1 Å². The number of aliphatic imine (C=N–C) groups is 1. The van der Waals surface area contributed by atoms with E-state index in [9.17, 15) is 0 Å². The largest absolute Gasteiger partial charge is 0.490 e. The molecule has 6 heteroatoms. The Hall–Kier alpha value is -1.95. The molecular formula is C18H27N3O3. The molecule has 3 rings (SSSR count). The van der Waals surface area contributed by atoms with Crippen molar-refractivity contribution in [2.75, 3.05) is 32.9 Å². The number of fused-ring (bicyclic) bond motifs is 1. The van der Waals surface area contributed by atoms with Gasteiger partial charge in [-0.1, -0.05) is 6.07 Å². The highest BCUT2D eigenvalue weighted by Gasteiger charge is 2.15. The second-order valence-electron chi connectivity index (χ2n) is 6.04. The second kappa shape index (κ2) is 8.78. The number of benzene rings is 1. The van der Waals surface area contributed by atoms with Gasteiger partial charge in [-0.2, -0.15) is 0 Å². The number of hydrogen-bond donors (Lipinski definition) is 2. The Labute approximate surface area is 143 Å². The van der Waals surface area contributed by atoms with Gasteiger partial charge in [0.05, 0.1) is 25.9 Å². The van der Waals surface area contributed by atoms with Crippen LogP contribution in [0.25, 0.3) is 0 Å². The molecule has 2 heterocycles. The van der Waals surface area contributed by atoms with Gasteiger partial charge in [0.1, 0.15) is 0 Å². The Balaban J connectivity index is 1.59. The summed E-state index contributed by atoms with van der Waals surface area (Å²) in [5.41, 5.74) is 1.11. The fourth-order valence-electron chi connectivity index (χ4n) is 2.83. The van der Waals surface area contributed by atoms with E-state index >= 15 is 0 Å². The molecule has 2 aliphatic heterocycles. The summed E-state index contributed by atoms with van der Waals surface area (Å²) in [6.07, 6.45) is 3.48. The molecule has 132 valence electrons. The third-order valence-electron chi connectivity index (χ3n) is 4.10. The first-order chi connectivity index (χ1) is 11.8. The van der Waals surface area contributed by atoms with Gasteiger partial charge in [-0.3, -0.25) is 0 Å². The van der Waals surface area contributed by atoms with Crippen LogP contribution in [-0.4, -0.2) is 45.0 Å². The standard InChI is InChI=1S/C18H27N3O3/c1-2-19-18(21-13-15-5-3-8-22-15)20-12-14-6-7-16-17(11-14)24-10-4-9-23-16/h6-7,11,15H,2-5,8-10,12-13H2,1H3,(H2,19,20,21). The van der Waals surface area contributed by atoms with Gasteiger partial charge in [0.2, 0.25) is 0 Å². The highest BCUT2D eigenvalue weighted by atomic mass is 16.5. The van der Waals surface area contributed by atoms with Crippen molar-refractivity contribution < 1.29 is 14.2 Å². The van der Waals surface area contributed by atoms with Gasteiger partial charge in [-0.25, -0.2) is 4.99 Å². The van der Waals surface area contributed by atoms with Crippen LogP contribution in [-0.2, 0) is 11.3 Å². The maximum Gasteiger partial charge on any atom is 0.191 e. The molecule has 1 atom stereocenters. The first kappa shape index (κ1) is 16.9. The normalized spacial score (nSPS) is 20.5. The lowest BCUT2D eigenvalue weighted by atomic mass is 10.2. The van der Waals surface area contributed by atoms with E-state index in [0.717, 1.165) is 62.0 Å². The smallest absolute Gasteiger partial charge is 0.191 e. The Bertz CT molecular complexity index is 556. The minimum atomic E-state index is 0.298. The molecule has 0 amide bonds. The van der Waals surface area contributed by atoms with Crippen molar-refractivity contribution in [2.24, 2.45) is 4.99 Å². The van der Waals surface area contributed by atoms with Crippen molar-refractivity contribution in [3.63, 3.8) is 0 Å². The lowest BCUT2D eigenvalue weighted by Crippen LogP contribution is -2.41. The van der Waals surface area contributed by atoms with Gasteiger partial charge in [0, 0.05) is 26.1 Å². The predicted octanol–water partition coefficient (Wildman–Crippen LogP) is 2.08. The molecule has 1 saturated heterocycles. The van der Waals surface area contributed by atoms with E-state index in [1.165, 1.54) is 0 Å². The van der Waals surface area contributed by atoms with Gasteiger partial charge >= 0.3 is 0 Å². The van der Waals surface area contributed by atoms with Crippen molar-refractivity contribution >= 4 is 5.96 Å². The molecule has 1 fully saturated rings. The molecular weight excluding hydrogens is 306 g/mol. The van der Waals surface area contributed by atoms with E-state index in [-0.39, 0.29) is 0 Å². The van der Waals surface area contributed by atoms with Crippen molar-refractivity contribution in [3.05, 3.63) is 23.8 Å². The second-order valence-corrected chi connectivity index (χ2v) is 6.04. The number of nitrogens with zero attached hydrogens (tertiary/aromatic N) is 1. The van der Waals surface area contributed by atoms with Crippen LogP contribution in [0.4, 0.5) is 0 Å². The molecule has 0 aromatic heterocycles. The van der Waals surface area contributed by atoms with Gasteiger partial charge in [-0.05, 0) is 37.5 Å². The zero-order chi connectivity index (χ0) is 16.6. The van der Waals surface area contributed by atoms with Crippen molar-refractivity contribution in [1.82, 2.24) is 10.6 Å². The van der Waals surface area contributed by atoms with E-state index in [0.29, 0.717) is 25.9 Å². The van der Waals surface area contributed by atoms with Crippen LogP contribution in [0.3, 0.4) is 0 Å². The SMILES string of the molecule is CCNC(=NCc1ccc2c(c1)OCCCO2)NCC1CCCO1. The zero-order valence-electron chi connectivity index (χ0n) is 14.3. The average Bonchev–Trinajstić information content (AvgIpc) is 3.01. The molecule has 0 aliphatic carbocycles. The van der Waals surface area contributed by atoms with Crippen LogP contribution in [0.5, 0.6) is 11.5 Å². The number of hydrogen-bond acceptors (Lipinski definition) is 4. The van der Waals surface area contributed by atoms with Crippen molar-refractivity contribution in [3.8, 4) is 11.5 Å². The van der Waals surface area contributed by atoms with E-state index < -0.39 is 0 Å². The maximum absolute atomic E-state index is 5.74. The summed E-state index contributed by atoms with van der Waals surface area (Å²) >= 11 is 0. The molecule has 1 aromatic rings. The van der Waals surface area contributed by atoms with Crippen LogP contribution in [0.15, 0.2) is 23.2 Å². The summed E-state index contributed by atoms with van der Waals surface area (Å²) in [6, 6.07) is 6.03. The fraction of sp³-hybridized carbons (Fsp3) is 0.611. The van der Waals surface area contributed by atoms with Crippen LogP contribution >= 0.6 is 0 Å². The highest BCUT2D eigenvalue weighted by molar-refractivity contribution is 5.79. The molecule has 2 aliphatic rings. The summed E-state index contributed by atoms with van der Waals surface area (Å²) in [5.74, 6) is 2.46. The zero-order valence-corrected chi connectivity index (χ0v) is 14.3. The predicted molar refractivity (Wildman–Crippen MR) is 93.8 cm³/mol. The molecule has 0 saturated carbocycles. The first-order valence-electron chi connectivity index (χ1n) is 8.87. The maximum atomic E-state index is 5.74. The molecule has 24 heavy (non-hydrogen) atoms. The van der Waals surface area contributed by atoms with Gasteiger partial charge in [0.25, 0.3) is 0 Å². The van der Waals surface area contributed by atoms with Gasteiger partial charge in [-0.15, -0.1) is 0 Å². The lowest BCUT2D eigenvalue weighted by Gasteiger charge is -2.15. The number of nitrogens with one attached hydrogen (secondary N) is 2. The fourth-order valence-corrected chi connectivity index (χ4v) is 2.83. The average molecular weight is 333 g/mol. The van der Waals surface area contributed by atoms with Crippen molar-refractivity contribution in [2.45, 2.75) is 38.8 Å². The van der Waals surface area contributed by atoms with E-state index in [4.69, 9.17) is 14.2 Å². The molecule has 6 nitrogen and oxygen atoms in total. The quantitative estimate of drug-likeness (QED) is 0.638. The van der Waals surface area contributed by atoms with Crippen LogP contribution in [0.2, 0.25) is 0 Å². The minimum absolute atomic E-state index is 0.298. The number of ether oxygens (including phenoxy) is 3. The third kappa shape index (κ3) is 4.77. The van der Waals surface area contributed by atoms with E-state index in [2.05, 4.69) is 22.5 Å². The minimum Gasteiger partial charge on any atom is -0.490 e. The van der Waals surface area contributed by atoms with Crippen LogP contribution in [0, 0.1) is 0 Å². The lowest BCUT2D eigenvalue weighted by molar-refractivity contribution is 0.114. The van der Waals surface area contributed by atoms with Crippen molar-refractivity contribution in [1.29, 1.82) is 0 Å². The monoisotopic (exact) mass is 333 g/mol. The molecule has 2 N–H and O–H groups in total. The van der Waals surface area contributed by atoms with Crippen LogP contribution in [0.1, 0.15) is 31.7 Å². The van der Waals surface area contributed by atoms with E-state index in [1.54, 1.807) is 0 Å². The summed E-state index contributed by atoms with van der Waals surface area (Å²) in [6.45, 7) is 6.57. The van der Waals surface area contributed by atoms with Gasteiger partial charge in [0.15, 0.2) is 17.5 Å². The van der Waals surface area contributed by atoms with E-state index in [1.807, 2.05) is 18.2 Å². The molecule has 1 aromatic carbocycles. The third-order valence-corrected chi connectivity index (χ3v) is 4.10.